The summed E-state index contributed by atoms with van der Waals surface area (Å²) in [6.45, 7) is 12.2. The second-order valence-electron chi connectivity index (χ2n) is 7.63. The Morgan fingerprint density at radius 3 is 2.29 bits per heavy atom. The molecule has 3 rings (SSSR count). The largest absolute Gasteiger partial charge is 1.00 e. The van der Waals surface area contributed by atoms with E-state index in [9.17, 15) is 0 Å². The van der Waals surface area contributed by atoms with Gasteiger partial charge in [-0.2, -0.15) is 0 Å². The van der Waals surface area contributed by atoms with Crippen LogP contribution in [0.4, 0.5) is 0 Å². The molecule has 2 aliphatic carbocycles. The molecule has 128 valence electrons. The Morgan fingerprint density at radius 2 is 1.75 bits per heavy atom. The van der Waals surface area contributed by atoms with Gasteiger partial charge < -0.3 is 24.8 Å². The van der Waals surface area contributed by atoms with Crippen LogP contribution in [-0.2, 0) is 20.1 Å². The van der Waals surface area contributed by atoms with Crippen molar-refractivity contribution >= 4 is 11.1 Å². The summed E-state index contributed by atoms with van der Waals surface area (Å²) in [6.07, 6.45) is 11.0. The van der Waals surface area contributed by atoms with Crippen molar-refractivity contribution in [1.29, 1.82) is 0 Å². The molecule has 24 heavy (non-hydrogen) atoms. The fraction of sp³-hybridized carbons (Fsp3) is 0.400. The van der Waals surface area contributed by atoms with E-state index >= 15 is 0 Å². The van der Waals surface area contributed by atoms with Crippen LogP contribution in [0.1, 0.15) is 42.0 Å². The Kier molecular flexibility index (Phi) is 7.99. The van der Waals surface area contributed by atoms with E-state index in [4.69, 9.17) is 0 Å². The van der Waals surface area contributed by atoms with Gasteiger partial charge in [0.15, 0.2) is 0 Å². The molecule has 0 bridgehead atoms. The van der Waals surface area contributed by atoms with Crippen LogP contribution in [0.15, 0.2) is 51.9 Å². The Balaban J connectivity index is 0.00000144. The summed E-state index contributed by atoms with van der Waals surface area (Å²) < 4.78 is 2.64. The molecule has 0 heterocycles. The average Bonchev–Trinajstić information content (AvgIpc) is 3.07. The van der Waals surface area contributed by atoms with Gasteiger partial charge in [-0.05, 0) is 0 Å². The first-order chi connectivity index (χ1) is 10.4. The molecule has 0 spiro atoms. The molecule has 0 aliphatic heterocycles. The number of halogens is 2. The van der Waals surface area contributed by atoms with E-state index in [1.54, 1.807) is 11.1 Å². The summed E-state index contributed by atoms with van der Waals surface area (Å²) in [4.78, 5) is 0. The topological polar surface area (TPSA) is 0 Å². The maximum Gasteiger partial charge on any atom is -1.00 e. The molecule has 0 saturated heterocycles. The van der Waals surface area contributed by atoms with E-state index in [1.165, 1.54) is 12.0 Å². The minimum absolute atomic E-state index is 0. The standard InChI is InChI=1S/C13H15.C5H5.C2H6Si.2ClH.Hf/c1-13(2,3)12-9-8-10-6-4-5-7-11(10)12;1-2-4-5-3-1;1-3-2;;;/h4-9H,1-3H3;1-3H,4H2;1-2H3;2*1H;/q;;;;;+2/p-2. The molecule has 1 atom stereocenters. The maximum atomic E-state index is 2.68. The fourth-order valence-corrected chi connectivity index (χ4v) is 29.0. The van der Waals surface area contributed by atoms with Crippen LogP contribution >= 0.6 is 0 Å². The molecule has 0 radical (unpaired) electrons. The zero-order valence-corrected chi connectivity index (χ0v) is 21.3. The number of fused-ring (bicyclic) bond motifs is 1. The zero-order valence-electron chi connectivity index (χ0n) is 15.2. The van der Waals surface area contributed by atoms with E-state index in [1.807, 2.05) is 3.33 Å². The van der Waals surface area contributed by atoms with Gasteiger partial charge in [-0.1, -0.05) is 0 Å². The van der Waals surface area contributed by atoms with Gasteiger partial charge in [0.25, 0.3) is 0 Å². The third-order valence-electron chi connectivity index (χ3n) is 4.69. The van der Waals surface area contributed by atoms with Crippen LogP contribution in [0.25, 0.3) is 5.57 Å². The van der Waals surface area contributed by atoms with Crippen LogP contribution in [0, 0.1) is 5.41 Å². The van der Waals surface area contributed by atoms with Gasteiger partial charge in [0, 0.05) is 0 Å². The SMILES string of the molecule is C[Si](C)=[Hf+2]([C]1=CC=CC1)[CH]1C=C(C(C)(C)C)c2ccccc21.[Cl-].[Cl-]. The molecule has 1 unspecified atom stereocenters. The zero-order chi connectivity index (χ0) is 15.9. The van der Waals surface area contributed by atoms with Gasteiger partial charge in [-0.25, -0.2) is 0 Å². The summed E-state index contributed by atoms with van der Waals surface area (Å²) in [5.41, 5.74) is 4.83. The third-order valence-corrected chi connectivity index (χ3v) is 30.3. The number of rotatable bonds is 2. The van der Waals surface area contributed by atoms with E-state index in [-0.39, 0.29) is 35.7 Å². The van der Waals surface area contributed by atoms with Crippen molar-refractivity contribution in [2.24, 2.45) is 5.41 Å². The minimum atomic E-state index is -1.81. The van der Waals surface area contributed by atoms with Crippen molar-refractivity contribution in [3.63, 3.8) is 0 Å². The molecule has 0 amide bonds. The Morgan fingerprint density at radius 1 is 1.08 bits per heavy atom. The smallest absolute Gasteiger partial charge is 1.00 e. The van der Waals surface area contributed by atoms with Gasteiger partial charge in [0.1, 0.15) is 0 Å². The first-order valence-corrected chi connectivity index (χ1v) is 20.0. The van der Waals surface area contributed by atoms with Crippen molar-refractivity contribution in [2.45, 2.75) is 44.0 Å². The van der Waals surface area contributed by atoms with Crippen LogP contribution in [0.3, 0.4) is 0 Å². The van der Waals surface area contributed by atoms with Crippen LogP contribution in [-0.4, -0.2) is 5.49 Å². The van der Waals surface area contributed by atoms with Crippen molar-refractivity contribution < 1.29 is 44.9 Å². The molecule has 0 aromatic heterocycles. The van der Waals surface area contributed by atoms with Crippen molar-refractivity contribution in [3.05, 3.63) is 63.0 Å². The summed E-state index contributed by atoms with van der Waals surface area (Å²) in [5, 5.41) is 0. The summed E-state index contributed by atoms with van der Waals surface area (Å²) in [7, 11) is 0. The number of hydrogen-bond donors (Lipinski definition) is 0. The molecule has 1 aromatic carbocycles. The van der Waals surface area contributed by atoms with Crippen molar-refractivity contribution in [3.8, 4) is 0 Å². The number of hydrogen-bond acceptors (Lipinski definition) is 0. The van der Waals surface area contributed by atoms with Crippen molar-refractivity contribution in [1.82, 2.24) is 0 Å². The Hall–Kier alpha value is 0.107. The second kappa shape index (κ2) is 8.66. The molecule has 4 heteroatoms. The minimum Gasteiger partial charge on any atom is -1.00 e. The first-order valence-electron chi connectivity index (χ1n) is 8.24. The predicted octanol–water partition coefficient (Wildman–Crippen LogP) is -0.108. The molecule has 0 N–H and O–H groups in total. The van der Waals surface area contributed by atoms with Crippen LogP contribution in [0.2, 0.25) is 13.1 Å². The van der Waals surface area contributed by atoms with Gasteiger partial charge >= 0.3 is 144 Å². The van der Waals surface area contributed by atoms with Gasteiger partial charge in [0.2, 0.25) is 0 Å². The molecular weight excluding hydrogens is 518 g/mol. The predicted molar refractivity (Wildman–Crippen MR) is 95.9 cm³/mol. The van der Waals surface area contributed by atoms with E-state index in [0.717, 1.165) is 3.67 Å². The Bertz CT molecular complexity index is 732. The second-order valence-corrected chi connectivity index (χ2v) is 32.3. The molecule has 0 fully saturated rings. The van der Waals surface area contributed by atoms with Crippen LogP contribution in [0.5, 0.6) is 0 Å². The molecule has 0 nitrogen and oxygen atoms in total. The fourth-order valence-electron chi connectivity index (χ4n) is 3.73. The van der Waals surface area contributed by atoms with Crippen LogP contribution < -0.4 is 24.8 Å². The normalized spacial score (nSPS) is 17.8. The van der Waals surface area contributed by atoms with E-state index < -0.39 is 20.1 Å². The first kappa shape index (κ1) is 22.1. The monoisotopic (exact) mass is 544 g/mol. The van der Waals surface area contributed by atoms with Gasteiger partial charge in [0.05, 0.1) is 0 Å². The third kappa shape index (κ3) is 4.26. The summed E-state index contributed by atoms with van der Waals surface area (Å²) in [5.74, 6) is 0. The molecule has 2 aliphatic rings. The number of allylic oxidation sites excluding steroid dienone is 6. The average molecular weight is 544 g/mol. The maximum absolute atomic E-state index is 2.68. The summed E-state index contributed by atoms with van der Waals surface area (Å²) >= 11 is -1.81. The van der Waals surface area contributed by atoms with Gasteiger partial charge in [-0.3, -0.25) is 0 Å². The summed E-state index contributed by atoms with van der Waals surface area (Å²) in [6, 6.07) is 9.22. The molecule has 1 aromatic rings. The number of benzene rings is 1. The van der Waals surface area contributed by atoms with Gasteiger partial charge in [-0.15, -0.1) is 0 Å². The van der Waals surface area contributed by atoms with E-state index in [0.29, 0.717) is 0 Å². The molecule has 0 saturated carbocycles. The Labute approximate surface area is 167 Å². The van der Waals surface area contributed by atoms with E-state index in [2.05, 4.69) is 82.4 Å². The molecular formula is C20H26Cl2HfSi. The quantitative estimate of drug-likeness (QED) is 0.457. The van der Waals surface area contributed by atoms with Crippen molar-refractivity contribution in [2.75, 3.05) is 0 Å².